The number of carbonyl (C=O) groups is 1. The maximum Gasteiger partial charge on any atom is 0.263 e. The van der Waals surface area contributed by atoms with E-state index >= 15 is 4.39 Å². The number of anilines is 3. The minimum atomic E-state index is -1.08. The van der Waals surface area contributed by atoms with E-state index in [0.29, 0.717) is 41.9 Å². The lowest BCUT2D eigenvalue weighted by Gasteiger charge is -2.42. The van der Waals surface area contributed by atoms with E-state index in [0.717, 1.165) is 70.4 Å². The van der Waals surface area contributed by atoms with Crippen molar-refractivity contribution in [1.29, 1.82) is 0 Å². The van der Waals surface area contributed by atoms with E-state index < -0.39 is 11.7 Å². The SMILES string of the molecule is Nc1nn2c(c1C(=O)Nc1cnccc1C1CCN(C3COC3)CC1)NCC(F)C21CCCCCCCCCC1. The number of alkyl halides is 1. The molecule has 2 saturated heterocycles. The number of fused-ring (bicyclic) bond motifs is 2. The normalized spacial score (nSPS) is 24.9. The number of hydrogen-bond donors (Lipinski definition) is 3. The Balaban J connectivity index is 1.23. The highest BCUT2D eigenvalue weighted by Gasteiger charge is 2.47. The summed E-state index contributed by atoms with van der Waals surface area (Å²) >= 11 is 0. The highest BCUT2D eigenvalue weighted by Crippen LogP contribution is 2.43. The van der Waals surface area contributed by atoms with Crippen LogP contribution in [0.4, 0.5) is 21.7 Å². The Bertz CT molecular complexity index is 1160. The molecule has 4 aliphatic rings. The third-order valence-corrected chi connectivity index (χ3v) is 9.77. The lowest BCUT2D eigenvalue weighted by Crippen LogP contribution is -2.51. The van der Waals surface area contributed by atoms with E-state index in [-0.39, 0.29) is 18.3 Å². The lowest BCUT2D eigenvalue weighted by molar-refractivity contribution is -0.0712. The van der Waals surface area contributed by atoms with Crippen LogP contribution in [0.1, 0.15) is 98.9 Å². The Morgan fingerprint density at radius 2 is 1.75 bits per heavy atom. The average Bonchev–Trinajstić information content (AvgIpc) is 3.25. The van der Waals surface area contributed by atoms with Crippen LogP contribution >= 0.6 is 0 Å². The summed E-state index contributed by atoms with van der Waals surface area (Å²) in [7, 11) is 0. The van der Waals surface area contributed by atoms with E-state index in [4.69, 9.17) is 10.5 Å². The van der Waals surface area contributed by atoms with Gasteiger partial charge in [0.25, 0.3) is 5.91 Å². The molecule has 4 N–H and O–H groups in total. The predicted molar refractivity (Wildman–Crippen MR) is 155 cm³/mol. The number of hydrogen-bond acceptors (Lipinski definition) is 7. The molecule has 0 aromatic carbocycles. The third-order valence-electron chi connectivity index (χ3n) is 9.77. The first-order valence-corrected chi connectivity index (χ1v) is 15.4. The Kier molecular flexibility index (Phi) is 8.25. The van der Waals surface area contributed by atoms with Gasteiger partial charge in [-0.15, -0.1) is 0 Å². The zero-order valence-electron chi connectivity index (χ0n) is 23.5. The number of likely N-dealkylation sites (tertiary alicyclic amines) is 1. The minimum absolute atomic E-state index is 0.143. The van der Waals surface area contributed by atoms with Crippen LogP contribution in [0.3, 0.4) is 0 Å². The summed E-state index contributed by atoms with van der Waals surface area (Å²) < 4.78 is 22.9. The van der Waals surface area contributed by atoms with Crippen molar-refractivity contribution in [1.82, 2.24) is 19.7 Å². The molecular weight excluding hydrogens is 509 g/mol. The second-order valence-corrected chi connectivity index (χ2v) is 12.2. The van der Waals surface area contributed by atoms with Gasteiger partial charge in [-0.25, -0.2) is 9.07 Å². The number of aromatic nitrogens is 3. The van der Waals surface area contributed by atoms with Crippen molar-refractivity contribution in [2.24, 2.45) is 0 Å². The van der Waals surface area contributed by atoms with Gasteiger partial charge in [-0.1, -0.05) is 51.4 Å². The van der Waals surface area contributed by atoms with Crippen molar-refractivity contribution < 1.29 is 13.9 Å². The molecule has 1 amide bonds. The summed E-state index contributed by atoms with van der Waals surface area (Å²) in [5.41, 5.74) is 7.76. The van der Waals surface area contributed by atoms with Crippen LogP contribution in [0, 0.1) is 0 Å². The fourth-order valence-corrected chi connectivity index (χ4v) is 7.29. The first kappa shape index (κ1) is 27.4. The summed E-state index contributed by atoms with van der Waals surface area (Å²) in [5, 5.41) is 10.9. The van der Waals surface area contributed by atoms with Gasteiger partial charge >= 0.3 is 0 Å². The van der Waals surface area contributed by atoms with E-state index in [9.17, 15) is 4.79 Å². The molecule has 5 heterocycles. The monoisotopic (exact) mass is 553 g/mol. The Labute approximate surface area is 236 Å². The lowest BCUT2D eigenvalue weighted by atomic mass is 9.81. The molecule has 2 aromatic rings. The molecule has 6 rings (SSSR count). The van der Waals surface area contributed by atoms with Crippen LogP contribution in [0.2, 0.25) is 0 Å². The zero-order chi connectivity index (χ0) is 27.5. The Morgan fingerprint density at radius 3 is 2.40 bits per heavy atom. The first-order chi connectivity index (χ1) is 19.6. The van der Waals surface area contributed by atoms with Crippen LogP contribution in [-0.4, -0.2) is 70.6 Å². The summed E-state index contributed by atoms with van der Waals surface area (Å²) in [4.78, 5) is 20.6. The molecule has 1 spiro atoms. The molecule has 3 aliphatic heterocycles. The molecule has 3 fully saturated rings. The van der Waals surface area contributed by atoms with Crippen LogP contribution in [0.5, 0.6) is 0 Å². The largest absolute Gasteiger partial charge is 0.381 e. The third kappa shape index (κ3) is 5.32. The summed E-state index contributed by atoms with van der Waals surface area (Å²) in [6.45, 7) is 3.87. The molecule has 218 valence electrons. The van der Waals surface area contributed by atoms with Crippen LogP contribution in [-0.2, 0) is 10.3 Å². The number of pyridine rings is 1. The van der Waals surface area contributed by atoms with E-state index in [1.165, 1.54) is 25.7 Å². The summed E-state index contributed by atoms with van der Waals surface area (Å²) in [5.74, 6) is 0.702. The molecule has 40 heavy (non-hydrogen) atoms. The maximum absolute atomic E-state index is 15.8. The van der Waals surface area contributed by atoms with Gasteiger partial charge in [-0.05, 0) is 56.3 Å². The van der Waals surface area contributed by atoms with Crippen LogP contribution in [0.25, 0.3) is 0 Å². The van der Waals surface area contributed by atoms with Crippen molar-refractivity contribution in [3.63, 3.8) is 0 Å². The van der Waals surface area contributed by atoms with Crippen LogP contribution < -0.4 is 16.4 Å². The highest BCUT2D eigenvalue weighted by molar-refractivity contribution is 6.11. The average molecular weight is 554 g/mol. The number of piperidine rings is 1. The van der Waals surface area contributed by atoms with Crippen molar-refractivity contribution in [3.05, 3.63) is 29.6 Å². The highest BCUT2D eigenvalue weighted by atomic mass is 19.1. The molecular formula is C30H44FN7O2. The van der Waals surface area contributed by atoms with Crippen molar-refractivity contribution >= 4 is 23.2 Å². The number of amides is 1. The van der Waals surface area contributed by atoms with Gasteiger partial charge < -0.3 is 21.1 Å². The topological polar surface area (TPSA) is 110 Å². The number of halogens is 1. The Morgan fingerprint density at radius 1 is 1.07 bits per heavy atom. The predicted octanol–water partition coefficient (Wildman–Crippen LogP) is 5.06. The van der Waals surface area contributed by atoms with Gasteiger partial charge in [-0.3, -0.25) is 14.7 Å². The van der Waals surface area contributed by atoms with Gasteiger partial charge in [0.1, 0.15) is 17.6 Å². The minimum Gasteiger partial charge on any atom is -0.381 e. The van der Waals surface area contributed by atoms with Gasteiger partial charge in [0.05, 0.1) is 36.7 Å². The first-order valence-electron chi connectivity index (χ1n) is 15.4. The van der Waals surface area contributed by atoms with Crippen molar-refractivity contribution in [2.45, 2.75) is 101 Å². The molecule has 2 aromatic heterocycles. The number of nitrogens with zero attached hydrogens (tertiary/aromatic N) is 4. The fourth-order valence-electron chi connectivity index (χ4n) is 7.29. The van der Waals surface area contributed by atoms with E-state index in [2.05, 4.69) is 25.6 Å². The fraction of sp³-hybridized carbons (Fsp3) is 0.700. The molecule has 0 bridgehead atoms. The molecule has 10 heteroatoms. The number of carbonyl (C=O) groups excluding carboxylic acids is 1. The maximum atomic E-state index is 15.8. The molecule has 1 saturated carbocycles. The second-order valence-electron chi connectivity index (χ2n) is 12.2. The number of nitrogen functional groups attached to an aromatic ring is 1. The molecule has 9 nitrogen and oxygen atoms in total. The molecule has 1 unspecified atom stereocenters. The number of rotatable bonds is 4. The quantitative estimate of drug-likeness (QED) is 0.485. The molecule has 1 aliphatic carbocycles. The van der Waals surface area contributed by atoms with Gasteiger partial charge in [-0.2, -0.15) is 5.10 Å². The van der Waals surface area contributed by atoms with Crippen molar-refractivity contribution in [2.75, 3.05) is 49.2 Å². The van der Waals surface area contributed by atoms with Gasteiger partial charge in [0.2, 0.25) is 0 Å². The van der Waals surface area contributed by atoms with Gasteiger partial charge in [0, 0.05) is 12.7 Å². The van der Waals surface area contributed by atoms with Gasteiger partial charge in [0.15, 0.2) is 5.82 Å². The smallest absolute Gasteiger partial charge is 0.263 e. The molecule has 0 radical (unpaired) electrons. The summed E-state index contributed by atoms with van der Waals surface area (Å²) in [6, 6.07) is 2.56. The standard InChI is InChI=1S/C30H44FN7O2/c31-25-18-34-28-26(27(32)36-38(28)30(25)12-7-5-3-1-2-4-6-8-13-30)29(39)35-24-17-33-14-9-23(24)21-10-15-37(16-11-21)22-19-40-20-22/h9,14,17,21-22,25,34H,1-8,10-13,15-16,18-20H2,(H2,32,36)(H,35,39). The van der Waals surface area contributed by atoms with E-state index in [1.807, 2.05) is 6.07 Å². The molecule has 1 atom stereocenters. The number of nitrogens with one attached hydrogen (secondary N) is 2. The second kappa shape index (κ2) is 12.0. The van der Waals surface area contributed by atoms with Crippen LogP contribution in [0.15, 0.2) is 18.5 Å². The zero-order valence-corrected chi connectivity index (χ0v) is 23.5. The number of ether oxygens (including phenoxy) is 1. The summed E-state index contributed by atoms with van der Waals surface area (Å²) in [6.07, 6.45) is 14.9. The van der Waals surface area contributed by atoms with E-state index in [1.54, 1.807) is 17.1 Å². The number of nitrogens with two attached hydrogens (primary N) is 1. The van der Waals surface area contributed by atoms with Crippen molar-refractivity contribution in [3.8, 4) is 0 Å². The Hall–Kier alpha value is -2.72.